The molecule has 66 valence electrons. The van der Waals surface area contributed by atoms with E-state index in [0.717, 1.165) is 10.0 Å². The molecule has 0 aliphatic carbocycles. The van der Waals surface area contributed by atoms with E-state index >= 15 is 0 Å². The zero-order valence-corrected chi connectivity index (χ0v) is 8.59. The molecule has 0 fully saturated rings. The Hall–Kier alpha value is -0.610. The zero-order valence-electron chi connectivity index (χ0n) is 7.00. The van der Waals surface area contributed by atoms with Crippen LogP contribution in [0.2, 0.25) is 0 Å². The highest BCUT2D eigenvalue weighted by Crippen LogP contribution is 2.23. The van der Waals surface area contributed by atoms with Crippen LogP contribution in [0.3, 0.4) is 0 Å². The van der Waals surface area contributed by atoms with E-state index < -0.39 is 6.10 Å². The second-order valence-corrected chi connectivity index (χ2v) is 3.43. The third-order valence-corrected chi connectivity index (χ3v) is 2.00. The molecule has 12 heavy (non-hydrogen) atoms. The maximum absolute atomic E-state index is 9.36. The van der Waals surface area contributed by atoms with Crippen molar-refractivity contribution in [3.8, 4) is 0 Å². The monoisotopic (exact) mass is 230 g/mol. The summed E-state index contributed by atoms with van der Waals surface area (Å²) in [6.07, 6.45) is 1.19. The fourth-order valence-electron chi connectivity index (χ4n) is 0.982. The highest BCUT2D eigenvalue weighted by molar-refractivity contribution is 9.10. The van der Waals surface area contributed by atoms with Crippen molar-refractivity contribution >= 4 is 21.7 Å². The Morgan fingerprint density at radius 1 is 1.67 bits per heavy atom. The normalized spacial score (nSPS) is 12.7. The van der Waals surface area contributed by atoms with E-state index in [4.69, 9.17) is 0 Å². The molecule has 0 saturated carbocycles. The van der Waals surface area contributed by atoms with Gasteiger partial charge in [-0.2, -0.15) is 0 Å². The summed E-state index contributed by atoms with van der Waals surface area (Å²) in [6.45, 7) is 1.71. The van der Waals surface area contributed by atoms with E-state index in [1.54, 1.807) is 20.2 Å². The van der Waals surface area contributed by atoms with Crippen LogP contribution in [0.25, 0.3) is 0 Å². The summed E-state index contributed by atoms with van der Waals surface area (Å²) >= 11 is 3.29. The van der Waals surface area contributed by atoms with Crippen molar-refractivity contribution in [2.75, 3.05) is 12.4 Å². The van der Waals surface area contributed by atoms with Crippen molar-refractivity contribution in [3.05, 3.63) is 22.3 Å². The van der Waals surface area contributed by atoms with Crippen molar-refractivity contribution in [2.45, 2.75) is 13.0 Å². The van der Waals surface area contributed by atoms with E-state index in [9.17, 15) is 5.11 Å². The number of halogens is 1. The molecule has 0 bridgehead atoms. The number of hydrogen-bond acceptors (Lipinski definition) is 3. The molecule has 0 amide bonds. The van der Waals surface area contributed by atoms with Crippen molar-refractivity contribution in [2.24, 2.45) is 0 Å². The SMILES string of the molecule is CNc1ncc(Br)cc1C(C)O. The van der Waals surface area contributed by atoms with E-state index in [0.29, 0.717) is 5.82 Å². The van der Waals surface area contributed by atoms with Crippen molar-refractivity contribution in [3.63, 3.8) is 0 Å². The van der Waals surface area contributed by atoms with Crippen LogP contribution in [0.15, 0.2) is 16.7 Å². The number of nitrogens with one attached hydrogen (secondary N) is 1. The first-order chi connectivity index (χ1) is 5.65. The molecule has 0 aliphatic rings. The quantitative estimate of drug-likeness (QED) is 0.817. The molecule has 0 aromatic carbocycles. The maximum Gasteiger partial charge on any atom is 0.131 e. The Labute approximate surface area is 80.0 Å². The number of hydrogen-bond donors (Lipinski definition) is 2. The van der Waals surface area contributed by atoms with Crippen molar-refractivity contribution in [1.29, 1.82) is 0 Å². The molecule has 2 N–H and O–H groups in total. The number of aromatic nitrogens is 1. The summed E-state index contributed by atoms with van der Waals surface area (Å²) in [7, 11) is 1.78. The zero-order chi connectivity index (χ0) is 9.14. The number of aliphatic hydroxyl groups is 1. The smallest absolute Gasteiger partial charge is 0.131 e. The third-order valence-electron chi connectivity index (χ3n) is 1.57. The average molecular weight is 231 g/mol. The average Bonchev–Trinajstić information content (AvgIpc) is 2.04. The van der Waals surface area contributed by atoms with E-state index in [-0.39, 0.29) is 0 Å². The van der Waals surface area contributed by atoms with Gasteiger partial charge in [-0.1, -0.05) is 0 Å². The van der Waals surface area contributed by atoms with Gasteiger partial charge in [-0.3, -0.25) is 0 Å². The molecule has 3 nitrogen and oxygen atoms in total. The van der Waals surface area contributed by atoms with Gasteiger partial charge in [0.05, 0.1) is 6.10 Å². The van der Waals surface area contributed by atoms with Gasteiger partial charge < -0.3 is 10.4 Å². The van der Waals surface area contributed by atoms with E-state index in [2.05, 4.69) is 26.2 Å². The molecule has 1 aromatic heterocycles. The number of nitrogens with zero attached hydrogens (tertiary/aromatic N) is 1. The Kier molecular flexibility index (Phi) is 3.05. The van der Waals surface area contributed by atoms with Gasteiger partial charge in [0.15, 0.2) is 0 Å². The standard InChI is InChI=1S/C8H11BrN2O/c1-5(12)7-3-6(9)4-11-8(7)10-2/h3-5,12H,1-2H3,(H,10,11). The van der Waals surface area contributed by atoms with Gasteiger partial charge in [0, 0.05) is 23.3 Å². The molecule has 0 spiro atoms. The van der Waals surface area contributed by atoms with Crippen LogP contribution in [0.4, 0.5) is 5.82 Å². The third kappa shape index (κ3) is 1.95. The Morgan fingerprint density at radius 2 is 2.33 bits per heavy atom. The van der Waals surface area contributed by atoms with Crippen LogP contribution in [0.1, 0.15) is 18.6 Å². The number of aliphatic hydroxyl groups excluding tert-OH is 1. The minimum atomic E-state index is -0.502. The van der Waals surface area contributed by atoms with Crippen LogP contribution >= 0.6 is 15.9 Å². The fourth-order valence-corrected chi connectivity index (χ4v) is 1.33. The Morgan fingerprint density at radius 3 is 2.83 bits per heavy atom. The molecule has 1 heterocycles. The number of rotatable bonds is 2. The lowest BCUT2D eigenvalue weighted by atomic mass is 10.1. The molecule has 1 atom stereocenters. The van der Waals surface area contributed by atoms with Gasteiger partial charge in [-0.05, 0) is 28.9 Å². The van der Waals surface area contributed by atoms with Gasteiger partial charge >= 0.3 is 0 Å². The lowest BCUT2D eigenvalue weighted by Crippen LogP contribution is -2.01. The highest BCUT2D eigenvalue weighted by atomic mass is 79.9. The first kappa shape index (κ1) is 9.48. The lowest BCUT2D eigenvalue weighted by Gasteiger charge is -2.10. The second-order valence-electron chi connectivity index (χ2n) is 2.52. The first-order valence-corrected chi connectivity index (χ1v) is 4.45. The summed E-state index contributed by atoms with van der Waals surface area (Å²) in [5.74, 6) is 0.716. The van der Waals surface area contributed by atoms with Crippen molar-refractivity contribution in [1.82, 2.24) is 4.98 Å². The van der Waals surface area contributed by atoms with E-state index in [1.807, 2.05) is 6.07 Å². The minimum Gasteiger partial charge on any atom is -0.389 e. The summed E-state index contributed by atoms with van der Waals surface area (Å²) in [5.41, 5.74) is 0.798. The molecule has 0 radical (unpaired) electrons. The van der Waals surface area contributed by atoms with Gasteiger partial charge in [0.25, 0.3) is 0 Å². The Bertz CT molecular complexity index is 276. The largest absolute Gasteiger partial charge is 0.389 e. The van der Waals surface area contributed by atoms with Crippen molar-refractivity contribution < 1.29 is 5.11 Å². The molecule has 0 aliphatic heterocycles. The predicted octanol–water partition coefficient (Wildman–Crippen LogP) is 1.94. The van der Waals surface area contributed by atoms with Gasteiger partial charge in [-0.15, -0.1) is 0 Å². The van der Waals surface area contributed by atoms with Gasteiger partial charge in [-0.25, -0.2) is 4.98 Å². The summed E-state index contributed by atoms with van der Waals surface area (Å²) in [4.78, 5) is 4.10. The fraction of sp³-hybridized carbons (Fsp3) is 0.375. The molecular weight excluding hydrogens is 220 g/mol. The minimum absolute atomic E-state index is 0.502. The van der Waals surface area contributed by atoms with Crippen LogP contribution in [0.5, 0.6) is 0 Å². The lowest BCUT2D eigenvalue weighted by molar-refractivity contribution is 0.199. The molecule has 1 aromatic rings. The summed E-state index contributed by atoms with van der Waals surface area (Å²) < 4.78 is 0.873. The predicted molar refractivity (Wildman–Crippen MR) is 52.1 cm³/mol. The maximum atomic E-state index is 9.36. The summed E-state index contributed by atoms with van der Waals surface area (Å²) in [5, 5.41) is 12.3. The van der Waals surface area contributed by atoms with E-state index in [1.165, 1.54) is 0 Å². The molecular formula is C8H11BrN2O. The molecule has 1 unspecified atom stereocenters. The first-order valence-electron chi connectivity index (χ1n) is 3.66. The summed E-state index contributed by atoms with van der Waals surface area (Å²) in [6, 6.07) is 1.85. The van der Waals surface area contributed by atoms with Crippen LogP contribution < -0.4 is 5.32 Å². The number of pyridine rings is 1. The second kappa shape index (κ2) is 3.87. The van der Waals surface area contributed by atoms with Crippen LogP contribution in [-0.4, -0.2) is 17.1 Å². The highest BCUT2D eigenvalue weighted by Gasteiger charge is 2.07. The number of anilines is 1. The van der Waals surface area contributed by atoms with Gasteiger partial charge in [0.1, 0.15) is 5.82 Å². The van der Waals surface area contributed by atoms with Crippen LogP contribution in [0, 0.1) is 0 Å². The van der Waals surface area contributed by atoms with Gasteiger partial charge in [0.2, 0.25) is 0 Å². The molecule has 1 rings (SSSR count). The van der Waals surface area contributed by atoms with Crippen LogP contribution in [-0.2, 0) is 0 Å². The Balaban J connectivity index is 3.12. The molecule has 4 heteroatoms. The molecule has 0 saturated heterocycles. The topological polar surface area (TPSA) is 45.2 Å².